The van der Waals surface area contributed by atoms with Crippen molar-refractivity contribution < 1.29 is 9.84 Å². The van der Waals surface area contributed by atoms with Crippen LogP contribution in [0, 0.1) is 0 Å². The highest BCUT2D eigenvalue weighted by atomic mass is 16.5. The lowest BCUT2D eigenvalue weighted by Gasteiger charge is -2.08. The van der Waals surface area contributed by atoms with Crippen molar-refractivity contribution in [2.24, 2.45) is 11.5 Å². The highest BCUT2D eigenvalue weighted by molar-refractivity contribution is 5.29. The van der Waals surface area contributed by atoms with Gasteiger partial charge in [0.15, 0.2) is 0 Å². The zero-order valence-corrected chi connectivity index (χ0v) is 7.31. The number of aliphatic hydroxyl groups excluding tert-OH is 1. The molecule has 0 amide bonds. The maximum absolute atomic E-state index is 8.53. The number of benzene rings is 1. The fourth-order valence-electron chi connectivity index (χ4n) is 0.975. The Labute approximate surface area is 77.1 Å². The van der Waals surface area contributed by atoms with Gasteiger partial charge in [0.25, 0.3) is 0 Å². The van der Waals surface area contributed by atoms with Gasteiger partial charge in [0.05, 0.1) is 12.8 Å². The standard InChI is InChI=1S/C9H14N2O2/c10-9(11)7-2-1-3-8(6-7)13-5-4-12/h1-3,6,9,12H,4-5,10-11H2. The van der Waals surface area contributed by atoms with Gasteiger partial charge in [-0.05, 0) is 17.7 Å². The highest BCUT2D eigenvalue weighted by Crippen LogP contribution is 2.15. The second-order valence-electron chi connectivity index (χ2n) is 2.67. The summed E-state index contributed by atoms with van der Waals surface area (Å²) in [6.07, 6.45) is -0.488. The fraction of sp³-hybridized carbons (Fsp3) is 0.333. The van der Waals surface area contributed by atoms with Crippen molar-refractivity contribution >= 4 is 0 Å². The third kappa shape index (κ3) is 3.02. The van der Waals surface area contributed by atoms with Crippen molar-refractivity contribution in [1.29, 1.82) is 0 Å². The summed E-state index contributed by atoms with van der Waals surface area (Å²) in [5.74, 6) is 0.674. The van der Waals surface area contributed by atoms with Gasteiger partial charge < -0.3 is 21.3 Å². The molecule has 0 fully saturated rings. The molecule has 1 aromatic carbocycles. The van der Waals surface area contributed by atoms with E-state index >= 15 is 0 Å². The lowest BCUT2D eigenvalue weighted by Crippen LogP contribution is -2.19. The first kappa shape index (κ1) is 9.98. The molecule has 0 aliphatic heterocycles. The topological polar surface area (TPSA) is 81.5 Å². The van der Waals surface area contributed by atoms with Crippen molar-refractivity contribution in [2.75, 3.05) is 13.2 Å². The zero-order valence-electron chi connectivity index (χ0n) is 7.31. The Bertz CT molecular complexity index is 264. The normalized spacial score (nSPS) is 10.5. The van der Waals surface area contributed by atoms with E-state index in [1.54, 1.807) is 12.1 Å². The molecule has 5 N–H and O–H groups in total. The molecular formula is C9H14N2O2. The molecule has 4 nitrogen and oxygen atoms in total. The van der Waals surface area contributed by atoms with E-state index in [-0.39, 0.29) is 13.2 Å². The Hall–Kier alpha value is -1.10. The highest BCUT2D eigenvalue weighted by Gasteiger charge is 2.00. The average Bonchev–Trinajstić information content (AvgIpc) is 2.15. The Balaban J connectivity index is 2.68. The Kier molecular flexibility index (Phi) is 3.70. The van der Waals surface area contributed by atoms with E-state index in [9.17, 15) is 0 Å². The van der Waals surface area contributed by atoms with Gasteiger partial charge in [-0.25, -0.2) is 0 Å². The van der Waals surface area contributed by atoms with E-state index in [0.717, 1.165) is 5.56 Å². The Morgan fingerprint density at radius 2 is 2.15 bits per heavy atom. The molecule has 1 rings (SSSR count). The molecule has 0 unspecified atom stereocenters. The zero-order chi connectivity index (χ0) is 9.68. The molecule has 1 aromatic rings. The van der Waals surface area contributed by atoms with Crippen LogP contribution in [0.4, 0.5) is 0 Å². The maximum atomic E-state index is 8.53. The molecule has 0 heterocycles. The molecule has 13 heavy (non-hydrogen) atoms. The van der Waals surface area contributed by atoms with Crippen LogP contribution in [0.2, 0.25) is 0 Å². The predicted octanol–water partition coefficient (Wildman–Crippen LogP) is -0.0263. The van der Waals surface area contributed by atoms with E-state index in [1.165, 1.54) is 0 Å². The first-order chi connectivity index (χ1) is 6.24. The fourth-order valence-corrected chi connectivity index (χ4v) is 0.975. The van der Waals surface area contributed by atoms with Crippen molar-refractivity contribution in [3.8, 4) is 5.75 Å². The molecule has 0 aromatic heterocycles. The van der Waals surface area contributed by atoms with E-state index in [2.05, 4.69) is 0 Å². The minimum Gasteiger partial charge on any atom is -0.491 e. The van der Waals surface area contributed by atoms with Crippen LogP contribution in [0.15, 0.2) is 24.3 Å². The van der Waals surface area contributed by atoms with Gasteiger partial charge in [-0.1, -0.05) is 12.1 Å². The molecule has 0 bridgehead atoms. The molecule has 0 atom stereocenters. The van der Waals surface area contributed by atoms with Gasteiger partial charge in [0.1, 0.15) is 12.4 Å². The molecule has 4 heteroatoms. The van der Waals surface area contributed by atoms with Gasteiger partial charge in [0, 0.05) is 0 Å². The molecule has 72 valence electrons. The summed E-state index contributed by atoms with van der Waals surface area (Å²) in [7, 11) is 0. The molecule has 0 aliphatic carbocycles. The number of hydrogen-bond acceptors (Lipinski definition) is 4. The van der Waals surface area contributed by atoms with Crippen LogP contribution >= 0.6 is 0 Å². The van der Waals surface area contributed by atoms with Crippen LogP contribution in [0.5, 0.6) is 5.75 Å². The van der Waals surface area contributed by atoms with Gasteiger partial charge in [-0.2, -0.15) is 0 Å². The van der Waals surface area contributed by atoms with Crippen LogP contribution in [0.25, 0.3) is 0 Å². The number of rotatable bonds is 4. The smallest absolute Gasteiger partial charge is 0.119 e. The summed E-state index contributed by atoms with van der Waals surface area (Å²) < 4.78 is 5.18. The van der Waals surface area contributed by atoms with Crippen LogP contribution in [-0.4, -0.2) is 18.3 Å². The summed E-state index contributed by atoms with van der Waals surface area (Å²) in [6, 6.07) is 7.20. The van der Waals surface area contributed by atoms with E-state index in [4.69, 9.17) is 21.3 Å². The maximum Gasteiger partial charge on any atom is 0.119 e. The first-order valence-corrected chi connectivity index (χ1v) is 4.09. The van der Waals surface area contributed by atoms with Gasteiger partial charge in [-0.3, -0.25) is 0 Å². The lowest BCUT2D eigenvalue weighted by molar-refractivity contribution is 0.201. The molecular weight excluding hydrogens is 168 g/mol. The summed E-state index contributed by atoms with van der Waals surface area (Å²) in [5.41, 5.74) is 11.8. The van der Waals surface area contributed by atoms with Crippen LogP contribution < -0.4 is 16.2 Å². The number of aliphatic hydroxyl groups is 1. The number of hydrogen-bond donors (Lipinski definition) is 3. The SMILES string of the molecule is NC(N)c1cccc(OCCO)c1. The van der Waals surface area contributed by atoms with Crippen LogP contribution in [-0.2, 0) is 0 Å². The second-order valence-corrected chi connectivity index (χ2v) is 2.67. The van der Waals surface area contributed by atoms with Crippen molar-refractivity contribution in [3.05, 3.63) is 29.8 Å². The second kappa shape index (κ2) is 4.81. The molecule has 0 saturated heterocycles. The average molecular weight is 182 g/mol. The van der Waals surface area contributed by atoms with E-state index < -0.39 is 6.17 Å². The third-order valence-electron chi connectivity index (χ3n) is 1.60. The minimum absolute atomic E-state index is 0.00109. The largest absolute Gasteiger partial charge is 0.491 e. The van der Waals surface area contributed by atoms with E-state index in [0.29, 0.717) is 5.75 Å². The van der Waals surface area contributed by atoms with Crippen molar-refractivity contribution in [1.82, 2.24) is 0 Å². The Morgan fingerprint density at radius 3 is 2.77 bits per heavy atom. The van der Waals surface area contributed by atoms with Gasteiger partial charge in [-0.15, -0.1) is 0 Å². The quantitative estimate of drug-likeness (QED) is 0.571. The number of ether oxygens (including phenoxy) is 1. The van der Waals surface area contributed by atoms with Gasteiger partial charge in [0.2, 0.25) is 0 Å². The molecule has 0 aliphatic rings. The van der Waals surface area contributed by atoms with Crippen molar-refractivity contribution in [2.45, 2.75) is 6.17 Å². The summed E-state index contributed by atoms with van der Waals surface area (Å²) in [5, 5.41) is 8.53. The molecule has 0 saturated carbocycles. The molecule has 0 radical (unpaired) electrons. The van der Waals surface area contributed by atoms with E-state index in [1.807, 2.05) is 12.1 Å². The van der Waals surface area contributed by atoms with Crippen LogP contribution in [0.3, 0.4) is 0 Å². The lowest BCUT2D eigenvalue weighted by atomic mass is 10.2. The Morgan fingerprint density at radius 1 is 1.38 bits per heavy atom. The van der Waals surface area contributed by atoms with Crippen LogP contribution in [0.1, 0.15) is 11.7 Å². The third-order valence-corrected chi connectivity index (χ3v) is 1.60. The predicted molar refractivity (Wildman–Crippen MR) is 50.1 cm³/mol. The number of nitrogens with two attached hydrogens (primary N) is 2. The summed E-state index contributed by atoms with van der Waals surface area (Å²) >= 11 is 0. The minimum atomic E-state index is -0.488. The summed E-state index contributed by atoms with van der Waals surface area (Å²) in [4.78, 5) is 0. The summed E-state index contributed by atoms with van der Waals surface area (Å²) in [6.45, 7) is 0.280. The van der Waals surface area contributed by atoms with Crippen molar-refractivity contribution in [3.63, 3.8) is 0 Å². The first-order valence-electron chi connectivity index (χ1n) is 4.09. The molecule has 0 spiro atoms. The monoisotopic (exact) mass is 182 g/mol. The van der Waals surface area contributed by atoms with Gasteiger partial charge >= 0.3 is 0 Å².